The van der Waals surface area contributed by atoms with E-state index in [1.165, 1.54) is 13.2 Å². The summed E-state index contributed by atoms with van der Waals surface area (Å²) in [5, 5.41) is 3.18. The molecule has 0 aliphatic carbocycles. The van der Waals surface area contributed by atoms with E-state index in [0.29, 0.717) is 36.3 Å². The maximum atomic E-state index is 14.7. The van der Waals surface area contributed by atoms with Crippen LogP contribution < -0.4 is 10.1 Å². The van der Waals surface area contributed by atoms with Gasteiger partial charge in [-0.25, -0.2) is 19.3 Å². The monoisotopic (exact) mass is 433 g/mol. The Kier molecular flexibility index (Phi) is 6.11. The highest BCUT2D eigenvalue weighted by molar-refractivity contribution is 5.96. The third-order valence-electron chi connectivity index (χ3n) is 5.31. The first kappa shape index (κ1) is 21.4. The van der Waals surface area contributed by atoms with E-state index in [0.717, 1.165) is 22.6 Å². The van der Waals surface area contributed by atoms with Gasteiger partial charge in [0, 0.05) is 42.5 Å². The highest BCUT2D eigenvalue weighted by Crippen LogP contribution is 2.25. The fraction of sp³-hybridized carbons (Fsp3) is 0.250. The van der Waals surface area contributed by atoms with Gasteiger partial charge in [-0.15, -0.1) is 0 Å². The van der Waals surface area contributed by atoms with Crippen LogP contribution in [0.4, 0.5) is 16.0 Å². The average Bonchev–Trinajstić information content (AvgIpc) is 3.19. The molecule has 4 rings (SSSR count). The van der Waals surface area contributed by atoms with Crippen LogP contribution in [-0.2, 0) is 12.8 Å². The Labute approximate surface area is 185 Å². The molecular formula is C24H24FN5O2. The zero-order valence-corrected chi connectivity index (χ0v) is 18.2. The number of hydrogen-bond donors (Lipinski definition) is 1. The molecule has 0 aliphatic heterocycles. The Morgan fingerprint density at radius 3 is 2.62 bits per heavy atom. The van der Waals surface area contributed by atoms with Gasteiger partial charge >= 0.3 is 0 Å². The third kappa shape index (κ3) is 4.44. The summed E-state index contributed by atoms with van der Waals surface area (Å²) < 4.78 is 21.8. The number of hydrogen-bond acceptors (Lipinski definition) is 6. The van der Waals surface area contributed by atoms with Crippen LogP contribution >= 0.6 is 0 Å². The fourth-order valence-corrected chi connectivity index (χ4v) is 3.48. The van der Waals surface area contributed by atoms with Crippen LogP contribution in [0.5, 0.6) is 5.75 Å². The van der Waals surface area contributed by atoms with Gasteiger partial charge in [-0.1, -0.05) is 6.92 Å². The van der Waals surface area contributed by atoms with E-state index in [1.807, 2.05) is 35.9 Å². The lowest BCUT2D eigenvalue weighted by Crippen LogP contribution is -2.05. The van der Waals surface area contributed by atoms with Crippen LogP contribution in [0.15, 0.2) is 49.1 Å². The van der Waals surface area contributed by atoms with Crippen LogP contribution in [0.3, 0.4) is 0 Å². The summed E-state index contributed by atoms with van der Waals surface area (Å²) in [7, 11) is 1.40. The van der Waals surface area contributed by atoms with E-state index in [-0.39, 0.29) is 11.5 Å². The number of carbonyl (C=O) groups excluding carboxylic acids is 1. The molecular weight excluding hydrogens is 409 g/mol. The van der Waals surface area contributed by atoms with Crippen LogP contribution in [0.2, 0.25) is 0 Å². The van der Waals surface area contributed by atoms with Crippen molar-refractivity contribution in [3.8, 4) is 5.75 Å². The number of nitrogens with one attached hydrogen (secondary N) is 1. The van der Waals surface area contributed by atoms with Crippen molar-refractivity contribution in [2.24, 2.45) is 0 Å². The first-order valence-electron chi connectivity index (χ1n) is 10.4. The second-order valence-electron chi connectivity index (χ2n) is 7.51. The van der Waals surface area contributed by atoms with E-state index in [4.69, 9.17) is 4.74 Å². The number of Topliss-reactive ketones (excluding diaryl/α,β-unsaturated/α-hetero) is 1. The summed E-state index contributed by atoms with van der Waals surface area (Å²) in [5.74, 6) is 0.0615. The SMILES string of the molecule is CCC(=O)c1cc(CCc2cnc(Nc3ccc4ncc(C)n4c3)nc2)c(F)c(OC)c1. The quantitative estimate of drug-likeness (QED) is 0.406. The lowest BCUT2D eigenvalue weighted by atomic mass is 10.00. The van der Waals surface area contributed by atoms with Crippen LogP contribution in [-0.4, -0.2) is 32.2 Å². The molecule has 0 saturated heterocycles. The number of rotatable bonds is 8. The Morgan fingerprint density at radius 2 is 1.91 bits per heavy atom. The van der Waals surface area contributed by atoms with E-state index in [1.54, 1.807) is 25.4 Å². The van der Waals surface area contributed by atoms with E-state index in [9.17, 15) is 9.18 Å². The standard InChI is InChI=1S/C24H24FN5O2/c1-4-20(31)18-9-17(23(25)21(10-18)32-3)6-5-16-12-27-24(28-13-16)29-19-7-8-22-26-11-15(2)30(22)14-19/h7-14H,4-6H2,1-3H3,(H,27,28,29). The molecule has 0 radical (unpaired) electrons. The number of ether oxygens (including phenoxy) is 1. The van der Waals surface area contributed by atoms with E-state index >= 15 is 0 Å². The number of aromatic nitrogens is 4. The van der Waals surface area contributed by atoms with Crippen molar-refractivity contribution >= 4 is 23.1 Å². The summed E-state index contributed by atoms with van der Waals surface area (Å²) >= 11 is 0. The number of aryl methyl sites for hydroxylation is 3. The molecule has 0 bridgehead atoms. The van der Waals surface area contributed by atoms with Crippen molar-refractivity contribution in [1.82, 2.24) is 19.4 Å². The average molecular weight is 433 g/mol. The molecule has 0 fully saturated rings. The van der Waals surface area contributed by atoms with Crippen LogP contribution in [0, 0.1) is 12.7 Å². The smallest absolute Gasteiger partial charge is 0.227 e. The molecule has 7 nitrogen and oxygen atoms in total. The van der Waals surface area contributed by atoms with Crippen LogP contribution in [0.25, 0.3) is 5.65 Å². The minimum atomic E-state index is -0.440. The third-order valence-corrected chi connectivity index (χ3v) is 5.31. The number of ketones is 1. The van der Waals surface area contributed by atoms with E-state index < -0.39 is 5.82 Å². The first-order chi connectivity index (χ1) is 15.5. The molecule has 32 heavy (non-hydrogen) atoms. The maximum Gasteiger partial charge on any atom is 0.227 e. The number of fused-ring (bicyclic) bond motifs is 1. The number of nitrogens with zero attached hydrogens (tertiary/aromatic N) is 4. The topological polar surface area (TPSA) is 81.4 Å². The molecule has 0 spiro atoms. The number of pyridine rings is 1. The predicted octanol–water partition coefficient (Wildman–Crippen LogP) is 4.70. The molecule has 3 aromatic heterocycles. The molecule has 0 saturated carbocycles. The Morgan fingerprint density at radius 1 is 1.12 bits per heavy atom. The van der Waals surface area contributed by atoms with Gasteiger partial charge in [-0.05, 0) is 55.2 Å². The number of carbonyl (C=O) groups is 1. The molecule has 1 N–H and O–H groups in total. The van der Waals surface area contributed by atoms with Crippen molar-refractivity contribution in [2.45, 2.75) is 33.1 Å². The van der Waals surface area contributed by atoms with E-state index in [2.05, 4.69) is 20.3 Å². The predicted molar refractivity (Wildman–Crippen MR) is 120 cm³/mol. The molecule has 0 amide bonds. The molecule has 3 heterocycles. The fourth-order valence-electron chi connectivity index (χ4n) is 3.48. The summed E-state index contributed by atoms with van der Waals surface area (Å²) in [4.78, 5) is 25.1. The van der Waals surface area contributed by atoms with Crippen molar-refractivity contribution in [3.63, 3.8) is 0 Å². The van der Waals surface area contributed by atoms with Gasteiger partial charge in [0.15, 0.2) is 17.3 Å². The number of anilines is 2. The molecule has 0 aliphatic rings. The number of benzene rings is 1. The van der Waals surface area contributed by atoms with Gasteiger partial charge in [-0.3, -0.25) is 4.79 Å². The van der Waals surface area contributed by atoms with Gasteiger partial charge < -0.3 is 14.5 Å². The molecule has 0 atom stereocenters. The molecule has 4 aromatic rings. The van der Waals surface area contributed by atoms with Gasteiger partial charge in [0.1, 0.15) is 5.65 Å². The molecule has 164 valence electrons. The summed E-state index contributed by atoms with van der Waals surface area (Å²) in [5.41, 5.74) is 4.51. The molecule has 0 unspecified atom stereocenters. The summed E-state index contributed by atoms with van der Waals surface area (Å²) in [6.45, 7) is 3.76. The van der Waals surface area contributed by atoms with Crippen molar-refractivity contribution < 1.29 is 13.9 Å². The second-order valence-corrected chi connectivity index (χ2v) is 7.51. The largest absolute Gasteiger partial charge is 0.494 e. The Hall–Kier alpha value is -3.81. The molecule has 8 heteroatoms. The maximum absolute atomic E-state index is 14.7. The van der Waals surface area contributed by atoms with Crippen LogP contribution in [0.1, 0.15) is 40.5 Å². The second kappa shape index (κ2) is 9.13. The zero-order valence-electron chi connectivity index (χ0n) is 18.2. The normalized spacial score (nSPS) is 11.0. The molecule has 1 aromatic carbocycles. The van der Waals surface area contributed by atoms with Gasteiger partial charge in [0.25, 0.3) is 0 Å². The van der Waals surface area contributed by atoms with Gasteiger partial charge in [0.2, 0.25) is 5.95 Å². The number of methoxy groups -OCH3 is 1. The minimum absolute atomic E-state index is 0.0487. The Balaban J connectivity index is 1.46. The highest BCUT2D eigenvalue weighted by Gasteiger charge is 2.15. The minimum Gasteiger partial charge on any atom is -0.494 e. The van der Waals surface area contributed by atoms with Gasteiger partial charge in [0.05, 0.1) is 12.8 Å². The number of halogens is 1. The zero-order chi connectivity index (χ0) is 22.7. The lowest BCUT2D eigenvalue weighted by Gasteiger charge is -2.11. The first-order valence-corrected chi connectivity index (χ1v) is 10.4. The lowest BCUT2D eigenvalue weighted by molar-refractivity contribution is 0.0987. The Bertz CT molecular complexity index is 1270. The number of imidazole rings is 1. The van der Waals surface area contributed by atoms with Crippen molar-refractivity contribution in [2.75, 3.05) is 12.4 Å². The summed E-state index contributed by atoms with van der Waals surface area (Å²) in [6.07, 6.45) is 8.47. The van der Waals surface area contributed by atoms with Crippen molar-refractivity contribution in [3.05, 3.63) is 77.3 Å². The summed E-state index contributed by atoms with van der Waals surface area (Å²) in [6, 6.07) is 6.90. The highest BCUT2D eigenvalue weighted by atomic mass is 19.1. The van der Waals surface area contributed by atoms with Crippen molar-refractivity contribution in [1.29, 1.82) is 0 Å². The van der Waals surface area contributed by atoms with Gasteiger partial charge in [-0.2, -0.15) is 0 Å².